The van der Waals surface area contributed by atoms with Gasteiger partial charge >= 0.3 is 0 Å². The molecule has 0 N–H and O–H groups in total. The third kappa shape index (κ3) is 3.38. The molecule has 1 aliphatic carbocycles. The summed E-state index contributed by atoms with van der Waals surface area (Å²) in [7, 11) is 0. The zero-order chi connectivity index (χ0) is 12.4. The molecule has 1 fully saturated rings. The highest BCUT2D eigenvalue weighted by molar-refractivity contribution is 9.10. The van der Waals surface area contributed by atoms with Crippen LogP contribution < -0.4 is 0 Å². The van der Waals surface area contributed by atoms with Crippen LogP contribution in [-0.4, -0.2) is 5.78 Å². The van der Waals surface area contributed by atoms with Crippen LogP contribution in [0.1, 0.15) is 31.7 Å². The van der Waals surface area contributed by atoms with Gasteiger partial charge in [-0.05, 0) is 48.9 Å². The Labute approximate surface area is 110 Å². The fourth-order valence-electron chi connectivity index (χ4n) is 2.54. The largest absolute Gasteiger partial charge is 0.299 e. The van der Waals surface area contributed by atoms with E-state index >= 15 is 0 Å². The van der Waals surface area contributed by atoms with E-state index in [0.717, 1.165) is 22.9 Å². The molecule has 92 valence electrons. The minimum Gasteiger partial charge on any atom is -0.299 e. The van der Waals surface area contributed by atoms with Gasteiger partial charge in [0.05, 0.1) is 0 Å². The summed E-state index contributed by atoms with van der Waals surface area (Å²) < 4.78 is 14.0. The van der Waals surface area contributed by atoms with E-state index in [0.29, 0.717) is 24.5 Å². The van der Waals surface area contributed by atoms with Gasteiger partial charge in [0.15, 0.2) is 0 Å². The third-order valence-electron chi connectivity index (χ3n) is 3.43. The minimum absolute atomic E-state index is 0.0763. The lowest BCUT2D eigenvalue weighted by molar-refractivity contribution is -0.125. The van der Waals surface area contributed by atoms with E-state index in [1.165, 1.54) is 12.1 Å². The lowest BCUT2D eigenvalue weighted by atomic mass is 9.78. The van der Waals surface area contributed by atoms with Gasteiger partial charge in [0.25, 0.3) is 0 Å². The van der Waals surface area contributed by atoms with Gasteiger partial charge in [0.1, 0.15) is 11.6 Å². The number of carbonyl (C=O) groups is 1. The molecule has 0 radical (unpaired) electrons. The summed E-state index contributed by atoms with van der Waals surface area (Å²) in [6, 6.07) is 4.86. The molecule has 0 aromatic heterocycles. The number of hydrogen-bond acceptors (Lipinski definition) is 1. The van der Waals surface area contributed by atoms with Gasteiger partial charge in [-0.1, -0.05) is 22.9 Å². The number of ketones is 1. The quantitative estimate of drug-likeness (QED) is 0.802. The topological polar surface area (TPSA) is 17.1 Å². The minimum atomic E-state index is -0.245. The molecule has 17 heavy (non-hydrogen) atoms. The SMILES string of the molecule is CC1CCC(=O)C(Cc2cc(F)cc(Br)c2)C1. The number of rotatable bonds is 2. The average molecular weight is 299 g/mol. The number of Topliss-reactive ketones (excluding diaryl/α,β-unsaturated/α-hetero) is 1. The zero-order valence-electron chi connectivity index (χ0n) is 9.88. The van der Waals surface area contributed by atoms with E-state index in [9.17, 15) is 9.18 Å². The molecule has 0 aliphatic heterocycles. The molecule has 0 bridgehead atoms. The first kappa shape index (κ1) is 12.7. The van der Waals surface area contributed by atoms with Crippen LogP contribution in [0.5, 0.6) is 0 Å². The Hall–Kier alpha value is -0.700. The van der Waals surface area contributed by atoms with Gasteiger partial charge in [0, 0.05) is 16.8 Å². The van der Waals surface area contributed by atoms with Crippen molar-refractivity contribution in [2.75, 3.05) is 0 Å². The molecule has 0 spiro atoms. The fourth-order valence-corrected chi connectivity index (χ4v) is 3.05. The zero-order valence-corrected chi connectivity index (χ0v) is 11.5. The van der Waals surface area contributed by atoms with Crippen LogP contribution in [0.15, 0.2) is 22.7 Å². The predicted octanol–water partition coefficient (Wildman–Crippen LogP) is 4.14. The number of halogens is 2. The molecule has 1 nitrogen and oxygen atoms in total. The van der Waals surface area contributed by atoms with Gasteiger partial charge in [-0.2, -0.15) is 0 Å². The first-order valence-corrected chi connectivity index (χ1v) is 6.81. The van der Waals surface area contributed by atoms with Gasteiger partial charge < -0.3 is 0 Å². The van der Waals surface area contributed by atoms with Crippen LogP contribution in [0.3, 0.4) is 0 Å². The molecule has 1 aromatic rings. The van der Waals surface area contributed by atoms with Crippen LogP contribution in [-0.2, 0) is 11.2 Å². The second kappa shape index (κ2) is 5.30. The van der Waals surface area contributed by atoms with Crippen molar-refractivity contribution < 1.29 is 9.18 Å². The van der Waals surface area contributed by atoms with E-state index in [1.54, 1.807) is 0 Å². The van der Waals surface area contributed by atoms with Crippen molar-refractivity contribution in [3.05, 3.63) is 34.1 Å². The molecular weight excluding hydrogens is 283 g/mol. The maximum atomic E-state index is 13.2. The molecule has 2 rings (SSSR count). The van der Waals surface area contributed by atoms with Crippen molar-refractivity contribution in [2.45, 2.75) is 32.6 Å². The summed E-state index contributed by atoms with van der Waals surface area (Å²) in [6.45, 7) is 2.18. The molecule has 2 atom stereocenters. The molecule has 0 heterocycles. The first-order valence-electron chi connectivity index (χ1n) is 6.02. The number of hydrogen-bond donors (Lipinski definition) is 0. The molecule has 0 saturated heterocycles. The lowest BCUT2D eigenvalue weighted by Gasteiger charge is -2.25. The highest BCUT2D eigenvalue weighted by Crippen LogP contribution is 2.29. The maximum absolute atomic E-state index is 13.2. The normalized spacial score (nSPS) is 25.0. The summed E-state index contributed by atoms with van der Waals surface area (Å²) in [6.07, 6.45) is 3.29. The lowest BCUT2D eigenvalue weighted by Crippen LogP contribution is -2.25. The smallest absolute Gasteiger partial charge is 0.136 e. The Balaban J connectivity index is 2.11. The maximum Gasteiger partial charge on any atom is 0.136 e. The van der Waals surface area contributed by atoms with Crippen molar-refractivity contribution >= 4 is 21.7 Å². The van der Waals surface area contributed by atoms with E-state index in [4.69, 9.17) is 0 Å². The van der Waals surface area contributed by atoms with Crippen molar-refractivity contribution in [1.82, 2.24) is 0 Å². The number of benzene rings is 1. The van der Waals surface area contributed by atoms with E-state index < -0.39 is 0 Å². The summed E-state index contributed by atoms with van der Waals surface area (Å²) in [5.41, 5.74) is 0.907. The Morgan fingerprint density at radius 1 is 1.41 bits per heavy atom. The highest BCUT2D eigenvalue weighted by Gasteiger charge is 2.26. The van der Waals surface area contributed by atoms with Crippen molar-refractivity contribution in [1.29, 1.82) is 0 Å². The molecular formula is C14H16BrFO. The Kier molecular flexibility index (Phi) is 3.97. The van der Waals surface area contributed by atoms with Crippen LogP contribution in [0, 0.1) is 17.7 Å². The van der Waals surface area contributed by atoms with Crippen LogP contribution >= 0.6 is 15.9 Å². The summed E-state index contributed by atoms with van der Waals surface area (Å²) in [4.78, 5) is 11.8. The fraction of sp³-hybridized carbons (Fsp3) is 0.500. The molecule has 3 heteroatoms. The summed E-state index contributed by atoms with van der Waals surface area (Å²) in [5.74, 6) is 0.774. The van der Waals surface area contributed by atoms with Crippen molar-refractivity contribution in [3.63, 3.8) is 0 Å². The molecule has 1 aliphatic rings. The van der Waals surface area contributed by atoms with E-state index in [-0.39, 0.29) is 11.7 Å². The number of carbonyl (C=O) groups excluding carboxylic acids is 1. The first-order chi connectivity index (χ1) is 8.04. The van der Waals surface area contributed by atoms with E-state index in [2.05, 4.69) is 22.9 Å². The average Bonchev–Trinajstić information content (AvgIpc) is 2.22. The Bertz CT molecular complexity index is 410. The molecule has 1 saturated carbocycles. The van der Waals surface area contributed by atoms with Gasteiger partial charge in [0.2, 0.25) is 0 Å². The molecule has 1 aromatic carbocycles. The summed E-state index contributed by atoms with van der Waals surface area (Å²) in [5, 5.41) is 0. The standard InChI is InChI=1S/C14H16BrFO/c1-9-2-3-14(17)11(4-9)5-10-6-12(15)8-13(16)7-10/h6-9,11H,2-5H2,1H3. The molecule has 0 amide bonds. The van der Waals surface area contributed by atoms with Gasteiger partial charge in [-0.15, -0.1) is 0 Å². The Morgan fingerprint density at radius 3 is 2.88 bits per heavy atom. The van der Waals surface area contributed by atoms with Crippen LogP contribution in [0.2, 0.25) is 0 Å². The monoisotopic (exact) mass is 298 g/mol. The van der Waals surface area contributed by atoms with Crippen molar-refractivity contribution in [2.24, 2.45) is 11.8 Å². The van der Waals surface area contributed by atoms with Crippen LogP contribution in [0.25, 0.3) is 0 Å². The summed E-state index contributed by atoms with van der Waals surface area (Å²) >= 11 is 3.28. The third-order valence-corrected chi connectivity index (χ3v) is 3.89. The van der Waals surface area contributed by atoms with Gasteiger partial charge in [-0.3, -0.25) is 4.79 Å². The highest BCUT2D eigenvalue weighted by atomic mass is 79.9. The predicted molar refractivity (Wildman–Crippen MR) is 69.3 cm³/mol. The second-order valence-corrected chi connectivity index (χ2v) is 5.94. The van der Waals surface area contributed by atoms with E-state index in [1.807, 2.05) is 6.07 Å². The van der Waals surface area contributed by atoms with Gasteiger partial charge in [-0.25, -0.2) is 4.39 Å². The van der Waals surface area contributed by atoms with Crippen molar-refractivity contribution in [3.8, 4) is 0 Å². The van der Waals surface area contributed by atoms with Crippen LogP contribution in [0.4, 0.5) is 4.39 Å². The molecule has 2 unspecified atom stereocenters. The second-order valence-electron chi connectivity index (χ2n) is 5.02. The Morgan fingerprint density at radius 2 is 2.18 bits per heavy atom.